The molecule has 0 bridgehead atoms. The molecule has 0 amide bonds. The molecule has 0 fully saturated rings. The zero-order valence-corrected chi connectivity index (χ0v) is 11.1. The van der Waals surface area contributed by atoms with Gasteiger partial charge in [-0.3, -0.25) is 0 Å². The molecular weight excluding hydrogens is 208 g/mol. The topological polar surface area (TPSA) is 15.3 Å². The van der Waals surface area contributed by atoms with Crippen molar-refractivity contribution in [1.29, 1.82) is 0 Å². The quantitative estimate of drug-likeness (QED) is 0.785. The van der Waals surface area contributed by atoms with Gasteiger partial charge in [0, 0.05) is 19.3 Å². The molecule has 1 heterocycles. The van der Waals surface area contributed by atoms with E-state index in [1.54, 1.807) is 0 Å². The van der Waals surface area contributed by atoms with Crippen molar-refractivity contribution in [2.45, 2.75) is 32.6 Å². The number of rotatable bonds is 5. The monoisotopic (exact) mass is 232 g/mol. The largest absolute Gasteiger partial charge is 0.374 e. The number of benzene rings is 1. The summed E-state index contributed by atoms with van der Waals surface area (Å²) >= 11 is 0. The van der Waals surface area contributed by atoms with Crippen LogP contribution in [-0.2, 0) is 12.8 Å². The summed E-state index contributed by atoms with van der Waals surface area (Å²) in [7, 11) is 2.19. The van der Waals surface area contributed by atoms with Crippen LogP contribution < -0.4 is 10.2 Å². The molecule has 1 aliphatic rings. The summed E-state index contributed by atoms with van der Waals surface area (Å²) in [4.78, 5) is 2.37. The van der Waals surface area contributed by atoms with Gasteiger partial charge >= 0.3 is 0 Å². The molecule has 0 saturated heterocycles. The first kappa shape index (κ1) is 12.4. The molecule has 1 aromatic rings. The zero-order valence-electron chi connectivity index (χ0n) is 11.1. The fourth-order valence-electron chi connectivity index (χ4n) is 2.53. The molecule has 94 valence electrons. The summed E-state index contributed by atoms with van der Waals surface area (Å²) in [5.41, 5.74) is 4.44. The predicted octanol–water partition coefficient (Wildman–Crippen LogP) is 2.61. The molecule has 2 rings (SSSR count). The minimum atomic E-state index is 1.10. The maximum absolute atomic E-state index is 3.46. The minimum absolute atomic E-state index is 1.10. The second-order valence-corrected chi connectivity index (χ2v) is 4.99. The summed E-state index contributed by atoms with van der Waals surface area (Å²) in [6, 6.07) is 6.98. The smallest absolute Gasteiger partial charge is 0.0396 e. The van der Waals surface area contributed by atoms with Crippen LogP contribution in [0.3, 0.4) is 0 Å². The lowest BCUT2D eigenvalue weighted by Crippen LogP contribution is -2.24. The molecule has 0 aliphatic carbocycles. The van der Waals surface area contributed by atoms with Crippen molar-refractivity contribution in [2.75, 3.05) is 31.6 Å². The Morgan fingerprint density at radius 2 is 2.18 bits per heavy atom. The van der Waals surface area contributed by atoms with Crippen LogP contribution >= 0.6 is 0 Å². The highest BCUT2D eigenvalue weighted by Crippen LogP contribution is 2.26. The van der Waals surface area contributed by atoms with Crippen LogP contribution in [0.1, 0.15) is 30.9 Å². The van der Waals surface area contributed by atoms with Gasteiger partial charge in [0.1, 0.15) is 0 Å². The summed E-state index contributed by atoms with van der Waals surface area (Å²) in [5.74, 6) is 0. The van der Waals surface area contributed by atoms with Crippen molar-refractivity contribution < 1.29 is 0 Å². The Morgan fingerprint density at radius 1 is 1.29 bits per heavy atom. The fourth-order valence-corrected chi connectivity index (χ4v) is 2.53. The third kappa shape index (κ3) is 3.22. The molecule has 1 N–H and O–H groups in total. The Kier molecular flexibility index (Phi) is 4.43. The molecule has 2 nitrogen and oxygen atoms in total. The third-order valence-electron chi connectivity index (χ3n) is 3.51. The average molecular weight is 232 g/mol. The van der Waals surface area contributed by atoms with Crippen LogP contribution in [0.5, 0.6) is 0 Å². The van der Waals surface area contributed by atoms with E-state index in [0.29, 0.717) is 0 Å². The number of hydrogen-bond acceptors (Lipinski definition) is 2. The Morgan fingerprint density at radius 3 is 3.00 bits per heavy atom. The summed E-state index contributed by atoms with van der Waals surface area (Å²) in [5, 5.41) is 3.46. The average Bonchev–Trinajstić information content (AvgIpc) is 2.35. The predicted molar refractivity (Wildman–Crippen MR) is 74.9 cm³/mol. The maximum Gasteiger partial charge on any atom is 0.0396 e. The first-order valence-electron chi connectivity index (χ1n) is 6.85. The summed E-state index contributed by atoms with van der Waals surface area (Å²) in [6.07, 6.45) is 4.91. The highest BCUT2D eigenvalue weighted by molar-refractivity contribution is 5.56. The molecule has 2 heteroatoms. The molecule has 0 saturated carbocycles. The second-order valence-electron chi connectivity index (χ2n) is 4.99. The van der Waals surface area contributed by atoms with Gasteiger partial charge in [-0.25, -0.2) is 0 Å². The van der Waals surface area contributed by atoms with Crippen LogP contribution in [0.15, 0.2) is 18.2 Å². The van der Waals surface area contributed by atoms with E-state index in [1.165, 1.54) is 42.6 Å². The van der Waals surface area contributed by atoms with E-state index in [-0.39, 0.29) is 0 Å². The number of anilines is 1. The number of nitrogens with zero attached hydrogens (tertiary/aromatic N) is 1. The van der Waals surface area contributed by atoms with Gasteiger partial charge < -0.3 is 10.2 Å². The lowest BCUT2D eigenvalue weighted by atomic mass is 9.98. The highest BCUT2D eigenvalue weighted by Gasteiger charge is 2.13. The Balaban J connectivity index is 1.96. The van der Waals surface area contributed by atoms with Gasteiger partial charge in [-0.05, 0) is 56.0 Å². The summed E-state index contributed by atoms with van der Waals surface area (Å²) < 4.78 is 0. The van der Waals surface area contributed by atoms with Crippen LogP contribution in [0.2, 0.25) is 0 Å². The Hall–Kier alpha value is -1.02. The van der Waals surface area contributed by atoms with E-state index in [4.69, 9.17) is 0 Å². The molecule has 0 aromatic heterocycles. The van der Waals surface area contributed by atoms with Gasteiger partial charge in [0.05, 0.1) is 0 Å². The van der Waals surface area contributed by atoms with Crippen molar-refractivity contribution >= 4 is 5.69 Å². The Labute approximate surface area is 105 Å². The minimum Gasteiger partial charge on any atom is -0.374 e. The molecule has 17 heavy (non-hydrogen) atoms. The first-order valence-corrected chi connectivity index (χ1v) is 6.85. The number of hydrogen-bond donors (Lipinski definition) is 1. The second kappa shape index (κ2) is 6.06. The SMILES string of the molecule is CCCNCCc1ccc2c(c1)CCCN2C. The molecule has 0 atom stereocenters. The van der Waals surface area contributed by atoms with E-state index < -0.39 is 0 Å². The molecule has 0 radical (unpaired) electrons. The van der Waals surface area contributed by atoms with E-state index in [0.717, 1.165) is 19.5 Å². The summed E-state index contributed by atoms with van der Waals surface area (Å²) in [6.45, 7) is 5.64. The van der Waals surface area contributed by atoms with E-state index in [2.05, 4.69) is 42.4 Å². The van der Waals surface area contributed by atoms with Crippen LogP contribution in [-0.4, -0.2) is 26.7 Å². The first-order chi connectivity index (χ1) is 8.31. The van der Waals surface area contributed by atoms with E-state index in [9.17, 15) is 0 Å². The van der Waals surface area contributed by atoms with Crippen molar-refractivity contribution in [2.24, 2.45) is 0 Å². The lowest BCUT2D eigenvalue weighted by Gasteiger charge is -2.27. The van der Waals surface area contributed by atoms with Gasteiger partial charge in [-0.2, -0.15) is 0 Å². The molecule has 1 aromatic carbocycles. The molecule has 1 aliphatic heterocycles. The van der Waals surface area contributed by atoms with Crippen LogP contribution in [0, 0.1) is 0 Å². The standard InChI is InChI=1S/C15H24N2/c1-3-9-16-10-8-13-6-7-15-14(12-13)5-4-11-17(15)2/h6-7,12,16H,3-5,8-11H2,1-2H3. The zero-order chi connectivity index (χ0) is 12.1. The van der Waals surface area contributed by atoms with Gasteiger partial charge in [-0.1, -0.05) is 19.1 Å². The normalized spacial score (nSPS) is 14.8. The van der Waals surface area contributed by atoms with Gasteiger partial charge in [-0.15, -0.1) is 0 Å². The lowest BCUT2D eigenvalue weighted by molar-refractivity contribution is 0.670. The molecular formula is C15H24N2. The van der Waals surface area contributed by atoms with Crippen molar-refractivity contribution in [3.8, 4) is 0 Å². The van der Waals surface area contributed by atoms with Gasteiger partial charge in [0.25, 0.3) is 0 Å². The number of nitrogens with one attached hydrogen (secondary N) is 1. The van der Waals surface area contributed by atoms with Crippen molar-refractivity contribution in [3.63, 3.8) is 0 Å². The maximum atomic E-state index is 3.46. The third-order valence-corrected chi connectivity index (χ3v) is 3.51. The number of aryl methyl sites for hydroxylation is 1. The van der Waals surface area contributed by atoms with Crippen LogP contribution in [0.25, 0.3) is 0 Å². The number of fused-ring (bicyclic) bond motifs is 1. The van der Waals surface area contributed by atoms with E-state index in [1.807, 2.05) is 0 Å². The van der Waals surface area contributed by atoms with Gasteiger partial charge in [0.2, 0.25) is 0 Å². The van der Waals surface area contributed by atoms with Gasteiger partial charge in [0.15, 0.2) is 0 Å². The molecule has 0 unspecified atom stereocenters. The molecule has 0 spiro atoms. The van der Waals surface area contributed by atoms with Crippen molar-refractivity contribution in [3.05, 3.63) is 29.3 Å². The highest BCUT2D eigenvalue weighted by atomic mass is 15.1. The fraction of sp³-hybridized carbons (Fsp3) is 0.600. The van der Waals surface area contributed by atoms with Crippen LogP contribution in [0.4, 0.5) is 5.69 Å². The Bertz CT molecular complexity index is 360. The van der Waals surface area contributed by atoms with Crippen molar-refractivity contribution in [1.82, 2.24) is 5.32 Å². The van der Waals surface area contributed by atoms with E-state index >= 15 is 0 Å².